The number of nitrogens with one attached hydrogen (secondary N) is 3. The van der Waals surface area contributed by atoms with Crippen LogP contribution in [0, 0.1) is 0 Å². The number of benzene rings is 1. The highest BCUT2D eigenvalue weighted by atomic mass is 16.7. The summed E-state index contributed by atoms with van der Waals surface area (Å²) in [5.41, 5.74) is 5.59. The van der Waals surface area contributed by atoms with Crippen LogP contribution in [0.15, 0.2) is 30.3 Å². The maximum atomic E-state index is 12.7. The summed E-state index contributed by atoms with van der Waals surface area (Å²) >= 11 is 0. The molecule has 2 fully saturated rings. The van der Waals surface area contributed by atoms with E-state index < -0.39 is 23.9 Å². The minimum absolute atomic E-state index is 0.0526. The molecule has 2 heterocycles. The van der Waals surface area contributed by atoms with E-state index in [-0.39, 0.29) is 31.6 Å². The molecule has 0 aromatic heterocycles. The summed E-state index contributed by atoms with van der Waals surface area (Å²) in [6.45, 7) is 0.795. The van der Waals surface area contributed by atoms with Crippen molar-refractivity contribution in [1.29, 1.82) is 0 Å². The molecule has 0 saturated carbocycles. The fourth-order valence-electron chi connectivity index (χ4n) is 3.51. The average Bonchev–Trinajstić information content (AvgIpc) is 2.98. The Hall–Kier alpha value is -3.34. The molecular weight excluding hydrogens is 394 g/mol. The van der Waals surface area contributed by atoms with Gasteiger partial charge in [0.1, 0.15) is 12.6 Å². The van der Waals surface area contributed by atoms with E-state index >= 15 is 0 Å². The van der Waals surface area contributed by atoms with Crippen molar-refractivity contribution in [3.8, 4) is 0 Å². The van der Waals surface area contributed by atoms with Gasteiger partial charge in [0.15, 0.2) is 0 Å². The average molecular weight is 419 g/mol. The summed E-state index contributed by atoms with van der Waals surface area (Å²) in [5.74, 6) is -0.909. The van der Waals surface area contributed by atoms with Crippen LogP contribution in [-0.4, -0.2) is 64.2 Å². The number of rotatable bonds is 8. The predicted molar refractivity (Wildman–Crippen MR) is 104 cm³/mol. The summed E-state index contributed by atoms with van der Waals surface area (Å²) in [6.07, 6.45) is 0.279. The molecular formula is C19H25N5O6. The molecule has 2 saturated heterocycles. The summed E-state index contributed by atoms with van der Waals surface area (Å²) in [7, 11) is 0. The Kier molecular flexibility index (Phi) is 7.07. The van der Waals surface area contributed by atoms with Crippen molar-refractivity contribution in [3.63, 3.8) is 0 Å². The molecule has 1 aromatic carbocycles. The quantitative estimate of drug-likeness (QED) is 0.359. The molecule has 0 aliphatic carbocycles. The predicted octanol–water partition coefficient (Wildman–Crippen LogP) is 0.582. The number of hydrogen-bond donors (Lipinski definition) is 4. The molecule has 162 valence electrons. The van der Waals surface area contributed by atoms with Crippen LogP contribution in [0.1, 0.15) is 31.2 Å². The van der Waals surface area contributed by atoms with Crippen LogP contribution < -0.4 is 16.2 Å². The Labute approximate surface area is 173 Å². The minimum atomic E-state index is -1.16. The monoisotopic (exact) mass is 419 g/mol. The molecule has 0 unspecified atom stereocenters. The van der Waals surface area contributed by atoms with E-state index in [4.69, 9.17) is 9.94 Å². The van der Waals surface area contributed by atoms with E-state index in [1.807, 2.05) is 30.3 Å². The maximum absolute atomic E-state index is 12.7. The Morgan fingerprint density at radius 2 is 1.90 bits per heavy atom. The smallest absolute Gasteiger partial charge is 0.404 e. The van der Waals surface area contributed by atoms with Crippen molar-refractivity contribution in [1.82, 2.24) is 26.1 Å². The van der Waals surface area contributed by atoms with Gasteiger partial charge in [-0.2, -0.15) is 5.06 Å². The highest BCUT2D eigenvalue weighted by Crippen LogP contribution is 2.30. The zero-order valence-corrected chi connectivity index (χ0v) is 16.4. The van der Waals surface area contributed by atoms with Crippen molar-refractivity contribution < 1.29 is 29.1 Å². The number of carbonyl (C=O) groups excluding carboxylic acids is 3. The van der Waals surface area contributed by atoms with Crippen LogP contribution in [0.3, 0.4) is 0 Å². The van der Waals surface area contributed by atoms with Crippen molar-refractivity contribution in [2.24, 2.45) is 0 Å². The van der Waals surface area contributed by atoms with Gasteiger partial charge in [-0.3, -0.25) is 25.3 Å². The molecule has 2 bridgehead atoms. The van der Waals surface area contributed by atoms with Crippen LogP contribution in [0.2, 0.25) is 0 Å². The van der Waals surface area contributed by atoms with Crippen molar-refractivity contribution >= 4 is 23.9 Å². The van der Waals surface area contributed by atoms with E-state index in [0.717, 1.165) is 5.56 Å². The van der Waals surface area contributed by atoms with Gasteiger partial charge < -0.3 is 15.3 Å². The van der Waals surface area contributed by atoms with Gasteiger partial charge in [-0.15, -0.1) is 0 Å². The molecule has 1 aromatic rings. The van der Waals surface area contributed by atoms with Gasteiger partial charge >= 0.3 is 12.1 Å². The molecule has 0 radical (unpaired) electrons. The largest absolute Gasteiger partial charge is 0.465 e. The topological polar surface area (TPSA) is 140 Å². The standard InChI is InChI=1S/C19H25N5O6/c25-16(7-4-10-20-18(27)28)21-22-17(26)15-9-8-14-11-23(15)19(29)24(14)30-12-13-5-2-1-3-6-13/h1-3,5-6,14-15,20H,4,7-12H2,(H,21,25)(H,22,26)(H,27,28)/t14-,15+/m1/s1. The Morgan fingerprint density at radius 1 is 1.13 bits per heavy atom. The fourth-order valence-corrected chi connectivity index (χ4v) is 3.51. The maximum Gasteiger partial charge on any atom is 0.404 e. The molecule has 5 amide bonds. The molecule has 4 N–H and O–H groups in total. The molecule has 3 rings (SSSR count). The molecule has 2 aliphatic rings. The second-order valence-corrected chi connectivity index (χ2v) is 7.14. The lowest BCUT2D eigenvalue weighted by Gasteiger charge is -2.29. The Bertz CT molecular complexity index is 789. The zero-order chi connectivity index (χ0) is 21.5. The first-order valence-corrected chi connectivity index (χ1v) is 9.78. The molecule has 30 heavy (non-hydrogen) atoms. The number of nitrogens with zero attached hydrogens (tertiary/aromatic N) is 2. The SMILES string of the molecule is O=C(O)NCCCC(=O)NNC(=O)[C@@H]1CC[C@@H]2CN1C(=O)N2OCc1ccccc1. The number of amides is 5. The van der Waals surface area contributed by atoms with Crippen molar-refractivity contribution in [2.75, 3.05) is 13.1 Å². The van der Waals surface area contributed by atoms with Crippen LogP contribution in [-0.2, 0) is 21.0 Å². The number of urea groups is 1. The normalized spacial score (nSPS) is 20.1. The van der Waals surface area contributed by atoms with Gasteiger partial charge in [-0.1, -0.05) is 30.3 Å². The van der Waals surface area contributed by atoms with Gasteiger partial charge in [0, 0.05) is 19.5 Å². The summed E-state index contributed by atoms with van der Waals surface area (Å²) in [4.78, 5) is 54.4. The number of fused-ring (bicyclic) bond motifs is 2. The highest BCUT2D eigenvalue weighted by Gasteiger charge is 2.47. The number of hydrazine groups is 1. The van der Waals surface area contributed by atoms with Crippen molar-refractivity contribution in [3.05, 3.63) is 35.9 Å². The van der Waals surface area contributed by atoms with E-state index in [1.54, 1.807) is 0 Å². The fraction of sp³-hybridized carbons (Fsp3) is 0.474. The van der Waals surface area contributed by atoms with Crippen LogP contribution >= 0.6 is 0 Å². The zero-order valence-electron chi connectivity index (χ0n) is 16.4. The van der Waals surface area contributed by atoms with Crippen LogP contribution in [0.5, 0.6) is 0 Å². The Morgan fingerprint density at radius 3 is 2.63 bits per heavy atom. The molecule has 0 spiro atoms. The summed E-state index contributed by atoms with van der Waals surface area (Å²) < 4.78 is 0. The van der Waals surface area contributed by atoms with Gasteiger partial charge in [0.25, 0.3) is 5.91 Å². The Balaban J connectivity index is 1.44. The van der Waals surface area contributed by atoms with Gasteiger partial charge in [0.2, 0.25) is 5.91 Å². The number of piperidine rings is 1. The summed E-state index contributed by atoms with van der Waals surface area (Å²) in [5, 5.41) is 12.0. The van der Waals surface area contributed by atoms with Crippen LogP contribution in [0.25, 0.3) is 0 Å². The lowest BCUT2D eigenvalue weighted by atomic mass is 10.0. The highest BCUT2D eigenvalue weighted by molar-refractivity contribution is 5.90. The molecule has 11 nitrogen and oxygen atoms in total. The first-order valence-electron chi connectivity index (χ1n) is 9.78. The second-order valence-electron chi connectivity index (χ2n) is 7.14. The molecule has 2 atom stereocenters. The second kappa shape index (κ2) is 9.92. The third-order valence-electron chi connectivity index (χ3n) is 5.02. The number of carboxylic acid groups (broad SMARTS) is 1. The van der Waals surface area contributed by atoms with E-state index in [9.17, 15) is 19.2 Å². The van der Waals surface area contributed by atoms with E-state index in [2.05, 4.69) is 16.2 Å². The van der Waals surface area contributed by atoms with E-state index in [0.29, 0.717) is 25.8 Å². The lowest BCUT2D eigenvalue weighted by Crippen LogP contribution is -2.54. The molecule has 2 aliphatic heterocycles. The van der Waals surface area contributed by atoms with Gasteiger partial charge in [-0.25, -0.2) is 9.59 Å². The number of hydrogen-bond acceptors (Lipinski definition) is 5. The van der Waals surface area contributed by atoms with Crippen LogP contribution in [0.4, 0.5) is 9.59 Å². The first kappa shape index (κ1) is 21.4. The lowest BCUT2D eigenvalue weighted by molar-refractivity contribution is -0.140. The van der Waals surface area contributed by atoms with E-state index in [1.165, 1.54) is 9.96 Å². The van der Waals surface area contributed by atoms with Gasteiger partial charge in [-0.05, 0) is 24.8 Å². The van der Waals surface area contributed by atoms with Crippen molar-refractivity contribution in [2.45, 2.75) is 44.4 Å². The minimum Gasteiger partial charge on any atom is -0.465 e. The summed E-state index contributed by atoms with van der Waals surface area (Å²) in [6, 6.07) is 8.34. The first-order chi connectivity index (χ1) is 14.5. The number of carbonyl (C=O) groups is 4. The third kappa shape index (κ3) is 5.38. The molecule has 11 heteroatoms. The number of hydroxylamine groups is 2. The third-order valence-corrected chi connectivity index (χ3v) is 5.02. The van der Waals surface area contributed by atoms with Gasteiger partial charge in [0.05, 0.1) is 6.04 Å².